The molecule has 1 amide bonds. The highest BCUT2D eigenvalue weighted by Gasteiger charge is 2.15. The van der Waals surface area contributed by atoms with Gasteiger partial charge in [-0.15, -0.1) is 0 Å². The standard InChI is InChI=1S/C11H17N3O3/c1-11(2,3)17-10(15)14-7-8-5-12-9(16-4)13-6-8/h5-6H,7H2,1-4H3,(H,14,15). The molecule has 1 aromatic rings. The Bertz CT molecular complexity index is 371. The average molecular weight is 239 g/mol. The summed E-state index contributed by atoms with van der Waals surface area (Å²) in [5.74, 6) is 0. The van der Waals surface area contributed by atoms with Crippen LogP contribution in [0.15, 0.2) is 12.4 Å². The summed E-state index contributed by atoms with van der Waals surface area (Å²) in [5, 5.41) is 2.61. The highest BCUT2D eigenvalue weighted by Crippen LogP contribution is 2.07. The van der Waals surface area contributed by atoms with Crippen LogP contribution in [-0.2, 0) is 11.3 Å². The van der Waals surface area contributed by atoms with Crippen LogP contribution in [0.25, 0.3) is 0 Å². The van der Waals surface area contributed by atoms with Crippen molar-refractivity contribution in [2.75, 3.05) is 7.11 Å². The maximum Gasteiger partial charge on any atom is 0.407 e. The third kappa shape index (κ3) is 5.14. The second kappa shape index (κ2) is 5.47. The van der Waals surface area contributed by atoms with Crippen molar-refractivity contribution in [3.05, 3.63) is 18.0 Å². The van der Waals surface area contributed by atoms with Gasteiger partial charge in [0.05, 0.1) is 7.11 Å². The first-order chi connectivity index (χ1) is 7.90. The van der Waals surface area contributed by atoms with E-state index >= 15 is 0 Å². The smallest absolute Gasteiger partial charge is 0.407 e. The highest BCUT2D eigenvalue weighted by atomic mass is 16.6. The number of carbonyl (C=O) groups excluding carboxylic acids is 1. The van der Waals surface area contributed by atoms with Crippen molar-refractivity contribution in [1.29, 1.82) is 0 Å². The summed E-state index contributed by atoms with van der Waals surface area (Å²) < 4.78 is 9.92. The lowest BCUT2D eigenvalue weighted by Crippen LogP contribution is -2.32. The van der Waals surface area contributed by atoms with Crippen molar-refractivity contribution in [3.63, 3.8) is 0 Å². The van der Waals surface area contributed by atoms with Gasteiger partial charge in [0.2, 0.25) is 0 Å². The van der Waals surface area contributed by atoms with Crippen molar-refractivity contribution < 1.29 is 14.3 Å². The molecule has 0 aliphatic heterocycles. The van der Waals surface area contributed by atoms with Crippen LogP contribution in [0.1, 0.15) is 26.3 Å². The van der Waals surface area contributed by atoms with E-state index in [1.807, 2.05) is 20.8 Å². The van der Waals surface area contributed by atoms with Crippen LogP contribution in [0.2, 0.25) is 0 Å². The predicted molar refractivity (Wildman–Crippen MR) is 61.7 cm³/mol. The number of carbonyl (C=O) groups is 1. The SMILES string of the molecule is COc1ncc(CNC(=O)OC(C)(C)C)cn1. The van der Waals surface area contributed by atoms with Crippen molar-refractivity contribution in [2.45, 2.75) is 32.9 Å². The van der Waals surface area contributed by atoms with Gasteiger partial charge in [-0.3, -0.25) is 0 Å². The molecule has 0 spiro atoms. The van der Waals surface area contributed by atoms with Crippen molar-refractivity contribution >= 4 is 6.09 Å². The second-order valence-corrected chi connectivity index (χ2v) is 4.43. The lowest BCUT2D eigenvalue weighted by atomic mass is 10.2. The quantitative estimate of drug-likeness (QED) is 0.865. The monoisotopic (exact) mass is 239 g/mol. The number of aromatic nitrogens is 2. The number of ether oxygens (including phenoxy) is 2. The number of hydrogen-bond acceptors (Lipinski definition) is 5. The first kappa shape index (κ1) is 13.2. The van der Waals surface area contributed by atoms with Crippen LogP contribution < -0.4 is 10.1 Å². The van der Waals surface area contributed by atoms with Gasteiger partial charge in [-0.25, -0.2) is 14.8 Å². The summed E-state index contributed by atoms with van der Waals surface area (Å²) in [5.41, 5.74) is 0.275. The van der Waals surface area contributed by atoms with E-state index in [1.165, 1.54) is 7.11 Å². The van der Waals surface area contributed by atoms with Crippen molar-refractivity contribution in [2.24, 2.45) is 0 Å². The fourth-order valence-corrected chi connectivity index (χ4v) is 1.03. The minimum absolute atomic E-state index is 0.297. The third-order valence-corrected chi connectivity index (χ3v) is 1.70. The van der Waals surface area contributed by atoms with Gasteiger partial charge in [-0.05, 0) is 20.8 Å². The molecule has 0 bridgehead atoms. The zero-order chi connectivity index (χ0) is 12.9. The van der Waals surface area contributed by atoms with Crippen molar-refractivity contribution in [3.8, 4) is 6.01 Å². The van der Waals surface area contributed by atoms with Gasteiger partial charge in [0.25, 0.3) is 0 Å². The molecule has 0 radical (unpaired) electrons. The highest BCUT2D eigenvalue weighted by molar-refractivity contribution is 5.67. The van der Waals surface area contributed by atoms with Gasteiger partial charge in [-0.1, -0.05) is 0 Å². The molecule has 1 rings (SSSR count). The Labute approximate surface area is 100 Å². The summed E-state index contributed by atoms with van der Waals surface area (Å²) >= 11 is 0. The molecule has 0 aliphatic rings. The minimum atomic E-state index is -0.500. The molecule has 1 N–H and O–H groups in total. The number of alkyl carbamates (subject to hydrolysis) is 1. The van der Waals surface area contributed by atoms with E-state index in [2.05, 4.69) is 15.3 Å². The Morgan fingerprint density at radius 1 is 1.35 bits per heavy atom. The second-order valence-electron chi connectivity index (χ2n) is 4.43. The molecule has 1 aromatic heterocycles. The largest absolute Gasteiger partial charge is 0.467 e. The van der Waals surface area contributed by atoms with Crippen LogP contribution in [0.4, 0.5) is 4.79 Å². The van der Waals surface area contributed by atoms with Crippen LogP contribution >= 0.6 is 0 Å². The molecule has 1 heterocycles. The van der Waals surface area contributed by atoms with Gasteiger partial charge >= 0.3 is 12.1 Å². The molecule has 0 saturated carbocycles. The summed E-state index contributed by atoms with van der Waals surface area (Å²) in [6.45, 7) is 5.74. The molecule has 0 aromatic carbocycles. The molecule has 0 aliphatic carbocycles. The van der Waals surface area contributed by atoms with Gasteiger partial charge in [0, 0.05) is 24.5 Å². The van der Waals surface area contributed by atoms with Crippen LogP contribution in [0, 0.1) is 0 Å². The number of methoxy groups -OCH3 is 1. The van der Waals surface area contributed by atoms with Gasteiger partial charge in [0.1, 0.15) is 5.60 Å². The number of amides is 1. The van der Waals surface area contributed by atoms with E-state index in [-0.39, 0.29) is 0 Å². The zero-order valence-corrected chi connectivity index (χ0v) is 10.5. The molecule has 0 saturated heterocycles. The molecule has 6 nitrogen and oxygen atoms in total. The predicted octanol–water partition coefficient (Wildman–Crippen LogP) is 1.51. The maximum absolute atomic E-state index is 11.4. The summed E-state index contributed by atoms with van der Waals surface area (Å²) in [6.07, 6.45) is 2.71. The van der Waals surface area contributed by atoms with E-state index in [0.29, 0.717) is 12.6 Å². The van der Waals surface area contributed by atoms with Crippen LogP contribution in [0.3, 0.4) is 0 Å². The Morgan fingerprint density at radius 2 is 1.94 bits per heavy atom. The summed E-state index contributed by atoms with van der Waals surface area (Å²) in [7, 11) is 1.49. The van der Waals surface area contributed by atoms with E-state index < -0.39 is 11.7 Å². The Kier molecular flexibility index (Phi) is 4.25. The fraction of sp³-hybridized carbons (Fsp3) is 0.545. The normalized spacial score (nSPS) is 10.8. The van der Waals surface area contributed by atoms with E-state index in [4.69, 9.17) is 9.47 Å². The molecule has 94 valence electrons. The molecular formula is C11H17N3O3. The molecule has 0 fully saturated rings. The Morgan fingerprint density at radius 3 is 2.41 bits per heavy atom. The van der Waals surface area contributed by atoms with E-state index in [1.54, 1.807) is 12.4 Å². The maximum atomic E-state index is 11.4. The van der Waals surface area contributed by atoms with Crippen molar-refractivity contribution in [1.82, 2.24) is 15.3 Å². The number of nitrogens with one attached hydrogen (secondary N) is 1. The lowest BCUT2D eigenvalue weighted by molar-refractivity contribution is 0.0523. The molecule has 6 heteroatoms. The first-order valence-corrected chi connectivity index (χ1v) is 5.22. The fourth-order valence-electron chi connectivity index (χ4n) is 1.03. The van der Waals surface area contributed by atoms with Gasteiger partial charge in [0.15, 0.2) is 0 Å². The molecule has 0 atom stereocenters. The average Bonchev–Trinajstić information content (AvgIpc) is 2.25. The Hall–Kier alpha value is -1.85. The zero-order valence-electron chi connectivity index (χ0n) is 10.5. The molecule has 0 unspecified atom stereocenters. The number of hydrogen-bond donors (Lipinski definition) is 1. The van der Waals surface area contributed by atoms with Crippen LogP contribution in [0.5, 0.6) is 6.01 Å². The lowest BCUT2D eigenvalue weighted by Gasteiger charge is -2.19. The topological polar surface area (TPSA) is 73.3 Å². The van der Waals surface area contributed by atoms with Crippen LogP contribution in [-0.4, -0.2) is 28.8 Å². The van der Waals surface area contributed by atoms with E-state index in [0.717, 1.165) is 5.56 Å². The summed E-state index contributed by atoms with van der Waals surface area (Å²) in [4.78, 5) is 19.2. The Balaban J connectivity index is 2.42. The minimum Gasteiger partial charge on any atom is -0.467 e. The molecular weight excluding hydrogens is 222 g/mol. The molecule has 17 heavy (non-hydrogen) atoms. The van der Waals surface area contributed by atoms with Gasteiger partial charge in [-0.2, -0.15) is 0 Å². The van der Waals surface area contributed by atoms with Gasteiger partial charge < -0.3 is 14.8 Å². The number of rotatable bonds is 3. The summed E-state index contributed by atoms with van der Waals surface area (Å²) in [6, 6.07) is 0.297. The first-order valence-electron chi connectivity index (χ1n) is 5.22. The van der Waals surface area contributed by atoms with E-state index in [9.17, 15) is 4.79 Å². The number of nitrogens with zero attached hydrogens (tertiary/aromatic N) is 2. The third-order valence-electron chi connectivity index (χ3n) is 1.70.